The Morgan fingerprint density at radius 2 is 1.78 bits per heavy atom. The molecule has 9 heteroatoms. The van der Waals surface area contributed by atoms with E-state index in [4.69, 9.17) is 0 Å². The summed E-state index contributed by atoms with van der Waals surface area (Å²) in [6.45, 7) is 3.42. The number of nitrogens with zero attached hydrogens (tertiary/aromatic N) is 2. The Kier molecular flexibility index (Phi) is 4.52. The van der Waals surface area contributed by atoms with E-state index < -0.39 is 23.3 Å². The monoisotopic (exact) mass is 352 g/mol. The van der Waals surface area contributed by atoms with Gasteiger partial charge in [-0.15, -0.1) is 0 Å². The van der Waals surface area contributed by atoms with E-state index in [0.29, 0.717) is 0 Å². The van der Waals surface area contributed by atoms with Crippen LogP contribution in [0.4, 0.5) is 26.3 Å². The third-order valence-corrected chi connectivity index (χ3v) is 3.61. The van der Waals surface area contributed by atoms with Crippen LogP contribution < -0.4 is 0 Å². The third kappa shape index (κ3) is 3.72. The van der Waals surface area contributed by atoms with Gasteiger partial charge in [-0.05, 0) is 29.3 Å². The first-order valence-electron chi connectivity index (χ1n) is 6.18. The molecule has 0 aliphatic rings. The van der Waals surface area contributed by atoms with Crippen LogP contribution in [0.1, 0.15) is 22.1 Å². The molecule has 2 aromatic rings. The van der Waals surface area contributed by atoms with E-state index in [1.54, 1.807) is 0 Å². The van der Waals surface area contributed by atoms with Crippen molar-refractivity contribution in [2.45, 2.75) is 17.6 Å². The van der Waals surface area contributed by atoms with Crippen LogP contribution in [0.3, 0.4) is 0 Å². The van der Waals surface area contributed by atoms with E-state index in [0.717, 1.165) is 23.0 Å². The molecule has 124 valence electrons. The molecule has 0 bridgehead atoms. The summed E-state index contributed by atoms with van der Waals surface area (Å²) in [5.74, 6) is 0. The second-order valence-electron chi connectivity index (χ2n) is 4.60. The maximum atomic E-state index is 12.9. The number of hydrogen-bond acceptors (Lipinski definition) is 2. The molecular weight excluding hydrogens is 342 g/mol. The van der Waals surface area contributed by atoms with Crippen LogP contribution in [0, 0.1) is 0 Å². The molecule has 0 aliphatic carbocycles. The van der Waals surface area contributed by atoms with E-state index in [9.17, 15) is 26.3 Å². The fourth-order valence-electron chi connectivity index (χ4n) is 1.92. The number of rotatable bonds is 3. The zero-order valence-corrected chi connectivity index (χ0v) is 12.3. The molecule has 1 unspecified atom stereocenters. The van der Waals surface area contributed by atoms with Crippen molar-refractivity contribution in [3.05, 3.63) is 53.9 Å². The van der Waals surface area contributed by atoms with Gasteiger partial charge in [0, 0.05) is 6.20 Å². The lowest BCUT2D eigenvalue weighted by molar-refractivity contribution is -0.141. The van der Waals surface area contributed by atoms with E-state index >= 15 is 0 Å². The highest BCUT2D eigenvalue weighted by atomic mass is 32.1. The lowest BCUT2D eigenvalue weighted by Gasteiger charge is -2.18. The van der Waals surface area contributed by atoms with Gasteiger partial charge in [-0.25, -0.2) is 4.68 Å². The Balaban J connectivity index is 2.49. The van der Waals surface area contributed by atoms with Gasteiger partial charge in [0.2, 0.25) is 0 Å². The van der Waals surface area contributed by atoms with Crippen LogP contribution in [0.25, 0.3) is 11.8 Å². The molecular formula is C14H10F6N2S. The average Bonchev–Trinajstić information content (AvgIpc) is 2.94. The van der Waals surface area contributed by atoms with Gasteiger partial charge in [0.25, 0.3) is 0 Å². The molecule has 0 amide bonds. The number of thiol groups is 1. The highest BCUT2D eigenvalue weighted by Gasteiger charge is 2.39. The van der Waals surface area contributed by atoms with E-state index in [2.05, 4.69) is 24.3 Å². The summed E-state index contributed by atoms with van der Waals surface area (Å²) < 4.78 is 77.1. The van der Waals surface area contributed by atoms with Crippen molar-refractivity contribution in [3.8, 4) is 5.69 Å². The number of aromatic nitrogens is 2. The molecule has 2 rings (SSSR count). The first-order chi connectivity index (χ1) is 10.5. The Hall–Kier alpha value is -1.90. The maximum Gasteiger partial charge on any atom is 0.435 e. The van der Waals surface area contributed by atoms with Gasteiger partial charge in [0.1, 0.15) is 5.25 Å². The van der Waals surface area contributed by atoms with E-state index in [-0.39, 0.29) is 16.8 Å². The summed E-state index contributed by atoms with van der Waals surface area (Å²) in [6, 6.07) is 4.50. The van der Waals surface area contributed by atoms with Gasteiger partial charge in [-0.3, -0.25) is 0 Å². The Morgan fingerprint density at radius 1 is 1.13 bits per heavy atom. The molecule has 0 spiro atoms. The van der Waals surface area contributed by atoms with Gasteiger partial charge in [0.15, 0.2) is 5.69 Å². The SMILES string of the molecule is C=Cc1ccc(-n2ccc(C(F)(F)F)n2)cc1C(S)C(F)(F)F. The normalized spacial score (nSPS) is 13.9. The molecule has 0 fully saturated rings. The van der Waals surface area contributed by atoms with Crippen molar-refractivity contribution in [2.75, 3.05) is 0 Å². The highest BCUT2D eigenvalue weighted by Crippen LogP contribution is 2.40. The van der Waals surface area contributed by atoms with Gasteiger partial charge in [-0.2, -0.15) is 44.1 Å². The molecule has 1 aromatic heterocycles. The largest absolute Gasteiger partial charge is 0.435 e. The van der Waals surface area contributed by atoms with Gasteiger partial charge < -0.3 is 0 Å². The lowest BCUT2D eigenvalue weighted by atomic mass is 10.0. The summed E-state index contributed by atoms with van der Waals surface area (Å²) >= 11 is 3.55. The molecule has 0 aliphatic heterocycles. The van der Waals surface area contributed by atoms with Crippen molar-refractivity contribution in [1.29, 1.82) is 0 Å². The molecule has 1 heterocycles. The topological polar surface area (TPSA) is 17.8 Å². The van der Waals surface area contributed by atoms with Crippen molar-refractivity contribution in [2.24, 2.45) is 0 Å². The van der Waals surface area contributed by atoms with Crippen LogP contribution in [0.5, 0.6) is 0 Å². The Bertz CT molecular complexity index is 717. The lowest BCUT2D eigenvalue weighted by Crippen LogP contribution is -2.17. The van der Waals surface area contributed by atoms with Crippen LogP contribution in [-0.2, 0) is 6.18 Å². The zero-order valence-electron chi connectivity index (χ0n) is 11.4. The number of hydrogen-bond donors (Lipinski definition) is 1. The summed E-state index contributed by atoms with van der Waals surface area (Å²) in [6.07, 6.45) is -7.00. The number of alkyl halides is 6. The summed E-state index contributed by atoms with van der Waals surface area (Å²) in [5.41, 5.74) is -1.10. The van der Waals surface area contributed by atoms with E-state index in [1.807, 2.05) is 0 Å². The fourth-order valence-corrected chi connectivity index (χ4v) is 2.15. The van der Waals surface area contributed by atoms with Gasteiger partial charge in [-0.1, -0.05) is 18.7 Å². The molecule has 2 nitrogen and oxygen atoms in total. The third-order valence-electron chi connectivity index (χ3n) is 3.04. The molecule has 1 atom stereocenters. The minimum Gasteiger partial charge on any atom is -0.240 e. The summed E-state index contributed by atoms with van der Waals surface area (Å²) in [5, 5.41) is 1.24. The standard InChI is InChI=1S/C14H10F6N2S/c1-2-8-3-4-9(7-10(8)12(23)14(18,19)20)22-6-5-11(21-22)13(15,16)17/h2-7,12,23H,1H2. The average molecular weight is 352 g/mol. The minimum absolute atomic E-state index is 0.0596. The highest BCUT2D eigenvalue weighted by molar-refractivity contribution is 7.80. The smallest absolute Gasteiger partial charge is 0.240 e. The van der Waals surface area contributed by atoms with Gasteiger partial charge >= 0.3 is 12.4 Å². The first kappa shape index (κ1) is 17.5. The quantitative estimate of drug-likeness (QED) is 0.603. The van der Waals surface area contributed by atoms with Crippen LogP contribution in [0.2, 0.25) is 0 Å². The summed E-state index contributed by atoms with van der Waals surface area (Å²) in [4.78, 5) is 0. The molecule has 23 heavy (non-hydrogen) atoms. The predicted octanol–water partition coefficient (Wildman–Crippen LogP) is 5.07. The van der Waals surface area contributed by atoms with Crippen LogP contribution in [-0.4, -0.2) is 16.0 Å². The van der Waals surface area contributed by atoms with Crippen molar-refractivity contribution in [3.63, 3.8) is 0 Å². The van der Waals surface area contributed by atoms with Gasteiger partial charge in [0.05, 0.1) is 5.69 Å². The van der Waals surface area contributed by atoms with Crippen LogP contribution in [0.15, 0.2) is 37.0 Å². The second-order valence-corrected chi connectivity index (χ2v) is 5.12. The predicted molar refractivity (Wildman–Crippen MR) is 76.4 cm³/mol. The summed E-state index contributed by atoms with van der Waals surface area (Å²) in [7, 11) is 0. The number of benzene rings is 1. The minimum atomic E-state index is -4.63. The zero-order chi connectivity index (χ0) is 17.4. The molecule has 0 radical (unpaired) electrons. The number of halogens is 6. The van der Waals surface area contributed by atoms with Crippen molar-refractivity contribution in [1.82, 2.24) is 9.78 Å². The Labute approximate surface area is 132 Å². The van der Waals surface area contributed by atoms with Crippen LogP contribution >= 0.6 is 12.6 Å². The van der Waals surface area contributed by atoms with E-state index in [1.165, 1.54) is 18.2 Å². The van der Waals surface area contributed by atoms with Crippen molar-refractivity contribution >= 4 is 18.7 Å². The molecule has 1 aromatic carbocycles. The first-order valence-corrected chi connectivity index (χ1v) is 6.70. The molecule has 0 saturated carbocycles. The maximum absolute atomic E-state index is 12.9. The van der Waals surface area contributed by atoms with Crippen molar-refractivity contribution < 1.29 is 26.3 Å². The second kappa shape index (κ2) is 5.95. The molecule has 0 N–H and O–H groups in total. The Morgan fingerprint density at radius 3 is 2.26 bits per heavy atom. The fraction of sp³-hybridized carbons (Fsp3) is 0.214. The molecule has 0 saturated heterocycles.